The highest BCUT2D eigenvalue weighted by atomic mass is 16.5. The summed E-state index contributed by atoms with van der Waals surface area (Å²) in [5.74, 6) is 0.601. The van der Waals surface area contributed by atoms with Crippen LogP contribution in [-0.4, -0.2) is 31.8 Å². The molecule has 1 aliphatic heterocycles. The lowest BCUT2D eigenvalue weighted by Crippen LogP contribution is -2.49. The van der Waals surface area contributed by atoms with E-state index in [4.69, 9.17) is 4.74 Å². The third-order valence-corrected chi connectivity index (χ3v) is 4.31. The van der Waals surface area contributed by atoms with E-state index in [-0.39, 0.29) is 5.54 Å². The molecule has 1 N–H and O–H groups in total. The Labute approximate surface area is 129 Å². The summed E-state index contributed by atoms with van der Waals surface area (Å²) in [5, 5.41) is 3.72. The van der Waals surface area contributed by atoms with Gasteiger partial charge >= 0.3 is 0 Å². The summed E-state index contributed by atoms with van der Waals surface area (Å²) in [7, 11) is 0. The lowest BCUT2D eigenvalue weighted by Gasteiger charge is -2.34. The van der Waals surface area contributed by atoms with Crippen molar-refractivity contribution < 1.29 is 4.74 Å². The molecule has 1 unspecified atom stereocenters. The molecule has 21 heavy (non-hydrogen) atoms. The molecule has 1 aliphatic rings. The van der Waals surface area contributed by atoms with Gasteiger partial charge in [-0.05, 0) is 30.9 Å². The summed E-state index contributed by atoms with van der Waals surface area (Å²) in [6.45, 7) is 13.6. The lowest BCUT2D eigenvalue weighted by atomic mass is 9.98. The first-order chi connectivity index (χ1) is 10.0. The van der Waals surface area contributed by atoms with Crippen LogP contribution in [0.5, 0.6) is 0 Å². The summed E-state index contributed by atoms with van der Waals surface area (Å²) in [4.78, 5) is 2.49. The summed E-state index contributed by atoms with van der Waals surface area (Å²) >= 11 is 0. The van der Waals surface area contributed by atoms with Crippen molar-refractivity contribution >= 4 is 5.69 Å². The van der Waals surface area contributed by atoms with Crippen molar-refractivity contribution in [3.63, 3.8) is 0 Å². The smallest absolute Gasteiger partial charge is 0.0641 e. The van der Waals surface area contributed by atoms with Gasteiger partial charge in [0, 0.05) is 37.5 Å². The van der Waals surface area contributed by atoms with Crippen LogP contribution < -0.4 is 10.2 Å². The van der Waals surface area contributed by atoms with Gasteiger partial charge < -0.3 is 15.0 Å². The van der Waals surface area contributed by atoms with Crippen LogP contribution in [0.25, 0.3) is 0 Å². The number of nitrogens with zero attached hydrogens (tertiary/aromatic N) is 1. The maximum absolute atomic E-state index is 5.79. The normalized spacial score (nSPS) is 22.2. The Morgan fingerprint density at radius 3 is 2.81 bits per heavy atom. The number of para-hydroxylation sites is 1. The molecule has 1 aromatic rings. The molecular weight excluding hydrogens is 260 g/mol. The second-order valence-electron chi connectivity index (χ2n) is 6.79. The van der Waals surface area contributed by atoms with E-state index in [0.717, 1.165) is 39.3 Å². The number of rotatable bonds is 6. The van der Waals surface area contributed by atoms with Crippen LogP contribution in [0.15, 0.2) is 24.3 Å². The number of ether oxygens (including phenoxy) is 1. The second-order valence-corrected chi connectivity index (χ2v) is 6.79. The Kier molecular flexibility index (Phi) is 5.65. The number of nitrogens with one attached hydrogen (secondary N) is 1. The Morgan fingerprint density at radius 1 is 1.33 bits per heavy atom. The minimum atomic E-state index is 0.164. The van der Waals surface area contributed by atoms with Gasteiger partial charge in [0.2, 0.25) is 0 Å². The standard InChI is InChI=1S/C18H30N2O/c1-5-18(4)14-20(10-11-21-13-15(2)3)17-9-7-6-8-16(17)12-19-18/h6-9,15,19H,5,10-14H2,1-4H3. The van der Waals surface area contributed by atoms with Crippen molar-refractivity contribution in [1.29, 1.82) is 0 Å². The molecule has 118 valence electrons. The van der Waals surface area contributed by atoms with E-state index in [1.807, 2.05) is 0 Å². The quantitative estimate of drug-likeness (QED) is 0.812. The predicted molar refractivity (Wildman–Crippen MR) is 89.8 cm³/mol. The van der Waals surface area contributed by atoms with Crippen LogP contribution in [-0.2, 0) is 11.3 Å². The summed E-state index contributed by atoms with van der Waals surface area (Å²) in [6.07, 6.45) is 1.13. The number of fused-ring (bicyclic) bond motifs is 1. The van der Waals surface area contributed by atoms with Crippen LogP contribution >= 0.6 is 0 Å². The van der Waals surface area contributed by atoms with Gasteiger partial charge in [0.25, 0.3) is 0 Å². The monoisotopic (exact) mass is 290 g/mol. The molecule has 0 saturated heterocycles. The Morgan fingerprint density at radius 2 is 2.10 bits per heavy atom. The lowest BCUT2D eigenvalue weighted by molar-refractivity contribution is 0.114. The summed E-state index contributed by atoms with van der Waals surface area (Å²) < 4.78 is 5.79. The van der Waals surface area contributed by atoms with Crippen LogP contribution in [0.3, 0.4) is 0 Å². The van der Waals surface area contributed by atoms with E-state index in [0.29, 0.717) is 5.92 Å². The van der Waals surface area contributed by atoms with Gasteiger partial charge in [-0.1, -0.05) is 39.0 Å². The van der Waals surface area contributed by atoms with Crippen LogP contribution in [0, 0.1) is 5.92 Å². The summed E-state index contributed by atoms with van der Waals surface area (Å²) in [6, 6.07) is 8.73. The van der Waals surface area contributed by atoms with Gasteiger partial charge in [-0.25, -0.2) is 0 Å². The van der Waals surface area contributed by atoms with E-state index >= 15 is 0 Å². The molecule has 0 spiro atoms. The average molecular weight is 290 g/mol. The van der Waals surface area contributed by atoms with E-state index < -0.39 is 0 Å². The topological polar surface area (TPSA) is 24.5 Å². The van der Waals surface area contributed by atoms with Gasteiger partial charge in [-0.15, -0.1) is 0 Å². The highest BCUT2D eigenvalue weighted by Gasteiger charge is 2.29. The molecule has 0 aliphatic carbocycles. The molecule has 3 nitrogen and oxygen atoms in total. The SMILES string of the molecule is CCC1(C)CN(CCOCC(C)C)c2ccccc2CN1. The number of anilines is 1. The molecule has 0 fully saturated rings. The van der Waals surface area contributed by atoms with Crippen molar-refractivity contribution in [3.05, 3.63) is 29.8 Å². The molecule has 0 amide bonds. The van der Waals surface area contributed by atoms with Crippen molar-refractivity contribution in [3.8, 4) is 0 Å². The largest absolute Gasteiger partial charge is 0.379 e. The average Bonchev–Trinajstić information content (AvgIpc) is 2.62. The fraction of sp³-hybridized carbons (Fsp3) is 0.667. The van der Waals surface area contributed by atoms with Gasteiger partial charge in [-0.3, -0.25) is 0 Å². The molecule has 1 atom stereocenters. The minimum absolute atomic E-state index is 0.164. The minimum Gasteiger partial charge on any atom is -0.379 e. The Hall–Kier alpha value is -1.06. The second kappa shape index (κ2) is 7.28. The molecule has 1 heterocycles. The van der Waals surface area contributed by atoms with E-state index in [1.165, 1.54) is 11.3 Å². The molecule has 0 aromatic heterocycles. The fourth-order valence-corrected chi connectivity index (χ4v) is 2.77. The molecule has 1 aromatic carbocycles. The zero-order chi connectivity index (χ0) is 15.3. The molecule has 2 rings (SSSR count). The number of hydrogen-bond donors (Lipinski definition) is 1. The Balaban J connectivity index is 2.07. The van der Waals surface area contributed by atoms with Crippen molar-refractivity contribution in [1.82, 2.24) is 5.32 Å². The number of hydrogen-bond acceptors (Lipinski definition) is 3. The highest BCUT2D eigenvalue weighted by molar-refractivity contribution is 5.55. The molecule has 0 bridgehead atoms. The zero-order valence-corrected chi connectivity index (χ0v) is 14.0. The van der Waals surface area contributed by atoms with E-state index in [2.05, 4.69) is 62.2 Å². The zero-order valence-electron chi connectivity index (χ0n) is 14.0. The summed E-state index contributed by atoms with van der Waals surface area (Å²) in [5.41, 5.74) is 2.91. The fourth-order valence-electron chi connectivity index (χ4n) is 2.77. The predicted octanol–water partition coefficient (Wildman–Crippen LogP) is 3.44. The van der Waals surface area contributed by atoms with Gasteiger partial charge in [0.05, 0.1) is 6.61 Å². The third kappa shape index (κ3) is 4.45. The van der Waals surface area contributed by atoms with Crippen molar-refractivity contribution in [2.75, 3.05) is 31.2 Å². The molecule has 3 heteroatoms. The molecular formula is C18H30N2O. The first-order valence-corrected chi connectivity index (χ1v) is 8.20. The van der Waals surface area contributed by atoms with Crippen LogP contribution in [0.1, 0.15) is 39.7 Å². The van der Waals surface area contributed by atoms with Gasteiger partial charge in [-0.2, -0.15) is 0 Å². The van der Waals surface area contributed by atoms with Crippen LogP contribution in [0.2, 0.25) is 0 Å². The highest BCUT2D eigenvalue weighted by Crippen LogP contribution is 2.27. The maximum atomic E-state index is 5.79. The van der Waals surface area contributed by atoms with E-state index in [9.17, 15) is 0 Å². The van der Waals surface area contributed by atoms with Crippen molar-refractivity contribution in [2.24, 2.45) is 5.92 Å². The first-order valence-electron chi connectivity index (χ1n) is 8.20. The molecule has 0 saturated carbocycles. The van der Waals surface area contributed by atoms with E-state index in [1.54, 1.807) is 0 Å². The van der Waals surface area contributed by atoms with Crippen molar-refractivity contribution in [2.45, 2.75) is 46.2 Å². The number of benzene rings is 1. The molecule has 0 radical (unpaired) electrons. The first kappa shape index (κ1) is 16.3. The maximum Gasteiger partial charge on any atom is 0.0641 e. The van der Waals surface area contributed by atoms with Gasteiger partial charge in [0.1, 0.15) is 0 Å². The Bertz CT molecular complexity index is 447. The van der Waals surface area contributed by atoms with Crippen LogP contribution in [0.4, 0.5) is 5.69 Å². The third-order valence-electron chi connectivity index (χ3n) is 4.31. The van der Waals surface area contributed by atoms with Gasteiger partial charge in [0.15, 0.2) is 0 Å².